The molecule has 0 amide bonds. The molecule has 0 unspecified atom stereocenters. The third kappa shape index (κ3) is 5.28. The van der Waals surface area contributed by atoms with Crippen molar-refractivity contribution in [2.24, 2.45) is 0 Å². The van der Waals surface area contributed by atoms with E-state index in [9.17, 15) is 9.59 Å². The number of rotatable bonds is 8. The van der Waals surface area contributed by atoms with Crippen LogP contribution in [0.2, 0.25) is 5.02 Å². The fraction of sp³-hybridized carbons (Fsp3) is 0.138. The van der Waals surface area contributed by atoms with E-state index in [0.717, 1.165) is 16.7 Å². The normalized spacial score (nSPS) is 11.1. The van der Waals surface area contributed by atoms with E-state index in [0.29, 0.717) is 21.5 Å². The summed E-state index contributed by atoms with van der Waals surface area (Å²) < 4.78 is 7.18. The average Bonchev–Trinajstić information content (AvgIpc) is 3.36. The summed E-state index contributed by atoms with van der Waals surface area (Å²) in [5.41, 5.74) is 2.79. The van der Waals surface area contributed by atoms with Crippen LogP contribution in [0.4, 0.5) is 5.13 Å². The van der Waals surface area contributed by atoms with Gasteiger partial charge in [-0.1, -0.05) is 95.7 Å². The first-order valence-electron chi connectivity index (χ1n) is 11.9. The second-order valence-electron chi connectivity index (χ2n) is 8.38. The Morgan fingerprint density at radius 1 is 1.00 bits per heavy atom. The zero-order chi connectivity index (χ0) is 25.8. The highest BCUT2D eigenvalue weighted by molar-refractivity contribution is 7.21. The van der Waals surface area contributed by atoms with Crippen molar-refractivity contribution < 1.29 is 9.53 Å². The quantitative estimate of drug-likeness (QED) is 0.231. The zero-order valence-electron chi connectivity index (χ0n) is 20.1. The van der Waals surface area contributed by atoms with Gasteiger partial charge in [0.25, 0.3) is 0 Å². The van der Waals surface area contributed by atoms with Crippen LogP contribution in [0, 0.1) is 0 Å². The van der Waals surface area contributed by atoms with Crippen molar-refractivity contribution in [2.75, 3.05) is 11.9 Å². The van der Waals surface area contributed by atoms with Crippen LogP contribution >= 0.6 is 22.9 Å². The summed E-state index contributed by atoms with van der Waals surface area (Å²) in [6.45, 7) is 2.39. The number of carbonyl (C=O) groups excluding carboxylic acids is 1. The Hall–Kier alpha value is -3.94. The van der Waals surface area contributed by atoms with Crippen molar-refractivity contribution in [1.82, 2.24) is 9.55 Å². The molecule has 1 N–H and O–H groups in total. The molecular weight excluding hydrogens is 506 g/mol. The van der Waals surface area contributed by atoms with Crippen LogP contribution in [0.25, 0.3) is 10.3 Å². The highest BCUT2D eigenvalue weighted by atomic mass is 35.5. The predicted octanol–water partition coefficient (Wildman–Crippen LogP) is 6.54. The molecule has 186 valence electrons. The van der Waals surface area contributed by atoms with E-state index >= 15 is 0 Å². The van der Waals surface area contributed by atoms with Crippen molar-refractivity contribution in [1.29, 1.82) is 0 Å². The number of carbonyl (C=O) groups is 1. The maximum absolute atomic E-state index is 13.4. The number of pyridine rings is 1. The van der Waals surface area contributed by atoms with E-state index in [1.54, 1.807) is 13.1 Å². The first kappa shape index (κ1) is 24.7. The van der Waals surface area contributed by atoms with Gasteiger partial charge >= 0.3 is 5.97 Å². The summed E-state index contributed by atoms with van der Waals surface area (Å²) in [7, 11) is 0. The molecule has 0 aliphatic carbocycles. The van der Waals surface area contributed by atoms with Crippen LogP contribution in [0.3, 0.4) is 0 Å². The molecule has 0 spiro atoms. The van der Waals surface area contributed by atoms with Gasteiger partial charge in [-0.2, -0.15) is 0 Å². The number of fused-ring (bicyclic) bond motifs is 1. The first-order valence-corrected chi connectivity index (χ1v) is 13.1. The highest BCUT2D eigenvalue weighted by Crippen LogP contribution is 2.33. The molecule has 0 saturated heterocycles. The average molecular weight is 530 g/mol. The topological polar surface area (TPSA) is 73.2 Å². The smallest absolute Gasteiger partial charge is 0.343 e. The number of esters is 1. The van der Waals surface area contributed by atoms with Gasteiger partial charge in [0.2, 0.25) is 5.43 Å². The number of thiazole rings is 1. The van der Waals surface area contributed by atoms with Gasteiger partial charge in [0.15, 0.2) is 5.13 Å². The van der Waals surface area contributed by atoms with Crippen LogP contribution in [-0.4, -0.2) is 22.1 Å². The molecule has 3 aromatic carbocycles. The Bertz CT molecular complexity index is 1540. The van der Waals surface area contributed by atoms with Crippen LogP contribution < -0.4 is 10.7 Å². The number of hydrogen-bond donors (Lipinski definition) is 1. The molecule has 5 aromatic rings. The van der Waals surface area contributed by atoms with Gasteiger partial charge in [-0.3, -0.25) is 4.79 Å². The summed E-state index contributed by atoms with van der Waals surface area (Å²) in [4.78, 5) is 31.5. The minimum absolute atomic E-state index is 0.0410. The molecule has 8 heteroatoms. The molecule has 0 atom stereocenters. The fourth-order valence-electron chi connectivity index (χ4n) is 4.20. The molecular formula is C29H24ClN3O3S. The standard InChI is InChI=1S/C29H24ClN3O3S/c1-2-36-28(35)23-18-33(25(20-9-5-3-6-10-20)21-11-7-4-8-12-21)27-24(26(23)34)32-29(37-27)31-17-19-13-15-22(30)16-14-19/h3-16,18,25H,2,17H2,1H3,(H,31,32). The summed E-state index contributed by atoms with van der Waals surface area (Å²) in [5.74, 6) is -0.660. The summed E-state index contributed by atoms with van der Waals surface area (Å²) in [6.07, 6.45) is 1.61. The van der Waals surface area contributed by atoms with Crippen molar-refractivity contribution in [2.45, 2.75) is 19.5 Å². The lowest BCUT2D eigenvalue weighted by atomic mass is 9.98. The van der Waals surface area contributed by atoms with E-state index in [1.807, 2.05) is 89.5 Å². The van der Waals surface area contributed by atoms with Crippen LogP contribution in [0.1, 0.15) is 40.0 Å². The van der Waals surface area contributed by atoms with Crippen LogP contribution in [0.5, 0.6) is 0 Å². The molecule has 0 radical (unpaired) electrons. The predicted molar refractivity (Wildman–Crippen MR) is 149 cm³/mol. The van der Waals surface area contributed by atoms with E-state index in [4.69, 9.17) is 16.3 Å². The minimum atomic E-state index is -0.660. The van der Waals surface area contributed by atoms with Crippen molar-refractivity contribution in [3.63, 3.8) is 0 Å². The maximum atomic E-state index is 13.4. The summed E-state index contributed by atoms with van der Waals surface area (Å²) >= 11 is 7.38. The number of aromatic nitrogens is 2. The number of hydrogen-bond acceptors (Lipinski definition) is 6. The van der Waals surface area contributed by atoms with Gasteiger partial charge in [-0.25, -0.2) is 9.78 Å². The van der Waals surface area contributed by atoms with Crippen molar-refractivity contribution in [3.8, 4) is 0 Å². The van der Waals surface area contributed by atoms with Gasteiger partial charge in [0, 0.05) is 17.8 Å². The van der Waals surface area contributed by atoms with Gasteiger partial charge in [-0.15, -0.1) is 0 Å². The lowest BCUT2D eigenvalue weighted by Gasteiger charge is -2.23. The molecule has 2 aromatic heterocycles. The number of anilines is 1. The molecule has 37 heavy (non-hydrogen) atoms. The third-order valence-electron chi connectivity index (χ3n) is 5.93. The fourth-order valence-corrected chi connectivity index (χ4v) is 5.29. The first-order chi connectivity index (χ1) is 18.0. The largest absolute Gasteiger partial charge is 0.462 e. The molecule has 2 heterocycles. The minimum Gasteiger partial charge on any atom is -0.462 e. The highest BCUT2D eigenvalue weighted by Gasteiger charge is 2.25. The number of benzene rings is 3. The Kier molecular flexibility index (Phi) is 7.35. The molecule has 0 aliphatic rings. The van der Waals surface area contributed by atoms with Crippen molar-refractivity contribution >= 4 is 44.4 Å². The number of nitrogens with one attached hydrogen (secondary N) is 1. The number of halogens is 1. The molecule has 5 rings (SSSR count). The van der Waals surface area contributed by atoms with E-state index in [2.05, 4.69) is 10.3 Å². The van der Waals surface area contributed by atoms with Gasteiger partial charge in [0.05, 0.1) is 12.6 Å². The number of nitrogens with zero attached hydrogens (tertiary/aromatic N) is 2. The van der Waals surface area contributed by atoms with Crippen molar-refractivity contribution in [3.05, 3.63) is 129 Å². The number of ether oxygens (including phenoxy) is 1. The molecule has 0 aliphatic heterocycles. The monoisotopic (exact) mass is 529 g/mol. The van der Waals surface area contributed by atoms with Crippen LogP contribution in [-0.2, 0) is 11.3 Å². The molecule has 0 bridgehead atoms. The molecule has 6 nitrogen and oxygen atoms in total. The van der Waals surface area contributed by atoms with Gasteiger partial charge < -0.3 is 14.6 Å². The van der Waals surface area contributed by atoms with Gasteiger partial charge in [-0.05, 0) is 35.7 Å². The SMILES string of the molecule is CCOC(=O)c1cn(C(c2ccccc2)c2ccccc2)c2sc(NCc3ccc(Cl)cc3)nc2c1=O. The van der Waals surface area contributed by atoms with Gasteiger partial charge in [0.1, 0.15) is 15.9 Å². The lowest BCUT2D eigenvalue weighted by molar-refractivity contribution is 0.0524. The van der Waals surface area contributed by atoms with E-state index in [-0.39, 0.29) is 23.7 Å². The molecule has 0 saturated carbocycles. The van der Waals surface area contributed by atoms with Crippen LogP contribution in [0.15, 0.2) is 95.9 Å². The van der Waals surface area contributed by atoms with E-state index < -0.39 is 11.4 Å². The maximum Gasteiger partial charge on any atom is 0.343 e. The second kappa shape index (κ2) is 11.0. The zero-order valence-corrected chi connectivity index (χ0v) is 21.6. The summed E-state index contributed by atoms with van der Waals surface area (Å²) in [6, 6.07) is 27.2. The Balaban J connectivity index is 1.67. The second-order valence-corrected chi connectivity index (χ2v) is 9.79. The molecule has 0 fully saturated rings. The Morgan fingerprint density at radius 3 is 2.22 bits per heavy atom. The third-order valence-corrected chi connectivity index (χ3v) is 7.21. The Labute approximate surface area is 223 Å². The lowest BCUT2D eigenvalue weighted by Crippen LogP contribution is -2.23. The Morgan fingerprint density at radius 2 is 1.62 bits per heavy atom. The van der Waals surface area contributed by atoms with E-state index in [1.165, 1.54) is 11.3 Å². The summed E-state index contributed by atoms with van der Waals surface area (Å²) in [5, 5.41) is 4.56.